The summed E-state index contributed by atoms with van der Waals surface area (Å²) >= 11 is -2.95. The zero-order chi connectivity index (χ0) is 24.3. The first-order valence-electron chi connectivity index (χ1n) is 10.7. The molecule has 182 valence electrons. The number of aryl methyl sites for hydroxylation is 2. The molecule has 1 heterocycles. The van der Waals surface area contributed by atoms with Gasteiger partial charge in [-0.25, -0.2) is 13.9 Å². The summed E-state index contributed by atoms with van der Waals surface area (Å²) in [5.74, 6) is -0.751. The lowest BCUT2D eigenvalue weighted by molar-refractivity contribution is -0.130. The second-order valence-corrected chi connectivity index (χ2v) is 10.7. The van der Waals surface area contributed by atoms with Crippen molar-refractivity contribution in [2.24, 2.45) is 0 Å². The SMILES string of the molecule is O=C(NO)C(CCS(=O)(=O)Nc1ccccc1)N(c1ccc2c3c(oc2c1)CCCC3)S(=O)[O-]. The van der Waals surface area contributed by atoms with Crippen LogP contribution in [0.25, 0.3) is 11.0 Å². The van der Waals surface area contributed by atoms with Gasteiger partial charge < -0.3 is 8.97 Å². The summed E-state index contributed by atoms with van der Waals surface area (Å²) in [6, 6.07) is 11.4. The van der Waals surface area contributed by atoms with Gasteiger partial charge in [0.15, 0.2) is 0 Å². The summed E-state index contributed by atoms with van der Waals surface area (Å²) in [4.78, 5) is 12.4. The van der Waals surface area contributed by atoms with Gasteiger partial charge in [0.05, 0.1) is 11.4 Å². The smallest absolute Gasteiger partial charge is 0.267 e. The van der Waals surface area contributed by atoms with Crippen LogP contribution in [0, 0.1) is 0 Å². The molecule has 0 saturated carbocycles. The normalized spacial score (nSPS) is 15.4. The van der Waals surface area contributed by atoms with Crippen LogP contribution in [0.15, 0.2) is 52.9 Å². The van der Waals surface area contributed by atoms with E-state index in [-0.39, 0.29) is 5.69 Å². The maximum Gasteiger partial charge on any atom is 0.267 e. The minimum Gasteiger partial charge on any atom is -0.755 e. The van der Waals surface area contributed by atoms with E-state index < -0.39 is 45.4 Å². The third-order valence-corrected chi connectivity index (χ3v) is 7.87. The van der Waals surface area contributed by atoms with E-state index in [1.165, 1.54) is 17.6 Å². The van der Waals surface area contributed by atoms with Crippen LogP contribution in [0.1, 0.15) is 30.6 Å². The standard InChI is InChI=1S/C22H25N3O7S2/c26-22(23-27)19(12-13-34(30,31)24-15-6-2-1-3-7-15)25(33(28)29)16-10-11-18-17-8-4-5-9-20(17)32-21(18)14-16/h1-3,6-7,10-11,14,19,24,27H,4-5,8-9,12-13H2,(H,23,26)(H,28,29)/p-1. The van der Waals surface area contributed by atoms with Crippen molar-refractivity contribution in [3.63, 3.8) is 0 Å². The summed E-state index contributed by atoms with van der Waals surface area (Å²) in [6.45, 7) is 0. The third kappa shape index (κ3) is 5.25. The van der Waals surface area contributed by atoms with Gasteiger partial charge in [-0.1, -0.05) is 18.2 Å². The predicted molar refractivity (Wildman–Crippen MR) is 126 cm³/mol. The van der Waals surface area contributed by atoms with Crippen LogP contribution in [0.3, 0.4) is 0 Å². The van der Waals surface area contributed by atoms with Crippen LogP contribution in [-0.2, 0) is 38.9 Å². The first-order valence-corrected chi connectivity index (χ1v) is 13.4. The summed E-state index contributed by atoms with van der Waals surface area (Å²) in [5.41, 5.74) is 3.48. The largest absolute Gasteiger partial charge is 0.755 e. The Morgan fingerprint density at radius 1 is 1.18 bits per heavy atom. The summed E-state index contributed by atoms with van der Waals surface area (Å²) in [7, 11) is -3.91. The summed E-state index contributed by atoms with van der Waals surface area (Å²) in [5, 5.41) is 10.1. The molecule has 1 aliphatic carbocycles. The molecule has 2 atom stereocenters. The Morgan fingerprint density at radius 3 is 2.62 bits per heavy atom. The Morgan fingerprint density at radius 2 is 1.91 bits per heavy atom. The maximum atomic E-state index is 12.5. The van der Waals surface area contributed by atoms with Crippen molar-refractivity contribution < 1.29 is 31.6 Å². The minimum absolute atomic E-state index is 0.119. The second-order valence-electron chi connectivity index (χ2n) is 8.00. The lowest BCUT2D eigenvalue weighted by atomic mass is 9.96. The van der Waals surface area contributed by atoms with Crippen LogP contribution in [0.2, 0.25) is 0 Å². The van der Waals surface area contributed by atoms with E-state index in [0.717, 1.165) is 46.7 Å². The second kappa shape index (κ2) is 10.1. The molecule has 0 saturated heterocycles. The lowest BCUT2D eigenvalue weighted by Gasteiger charge is -2.33. The fraction of sp³-hybridized carbons (Fsp3) is 0.318. The maximum absolute atomic E-state index is 12.5. The zero-order valence-corrected chi connectivity index (χ0v) is 19.7. The van der Waals surface area contributed by atoms with Gasteiger partial charge in [0.2, 0.25) is 10.0 Å². The number of furan rings is 1. The first-order chi connectivity index (χ1) is 16.3. The van der Waals surface area contributed by atoms with Gasteiger partial charge in [0.25, 0.3) is 5.91 Å². The number of nitrogens with zero attached hydrogens (tertiary/aromatic N) is 1. The number of hydrogen-bond donors (Lipinski definition) is 3. The number of fused-ring (bicyclic) bond motifs is 3. The molecule has 3 aromatic rings. The van der Waals surface area contributed by atoms with Gasteiger partial charge in [0, 0.05) is 40.4 Å². The number of sulfonamides is 1. The summed E-state index contributed by atoms with van der Waals surface area (Å²) in [6.07, 6.45) is 3.33. The average molecular weight is 507 g/mol. The van der Waals surface area contributed by atoms with Crippen molar-refractivity contribution in [2.45, 2.75) is 38.1 Å². The Labute approximate surface area is 199 Å². The van der Waals surface area contributed by atoms with E-state index in [4.69, 9.17) is 4.42 Å². The molecule has 0 fully saturated rings. The third-order valence-electron chi connectivity index (χ3n) is 5.76. The molecule has 4 rings (SSSR count). The average Bonchev–Trinajstić information content (AvgIpc) is 3.19. The van der Waals surface area contributed by atoms with Gasteiger partial charge in [-0.2, -0.15) is 0 Å². The highest BCUT2D eigenvalue weighted by molar-refractivity contribution is 7.92. The molecule has 0 radical (unpaired) electrons. The fourth-order valence-corrected chi connectivity index (χ4v) is 6.02. The number of hydrogen-bond acceptors (Lipinski definition) is 7. The molecule has 0 spiro atoms. The highest BCUT2D eigenvalue weighted by Crippen LogP contribution is 2.35. The number of nitrogens with one attached hydrogen (secondary N) is 2. The molecule has 2 unspecified atom stereocenters. The van der Waals surface area contributed by atoms with Crippen LogP contribution in [0.5, 0.6) is 0 Å². The molecule has 10 nitrogen and oxygen atoms in total. The van der Waals surface area contributed by atoms with Gasteiger partial charge in [-0.15, -0.1) is 0 Å². The number of carbonyl (C=O) groups is 1. The van der Waals surface area contributed by atoms with Crippen molar-refractivity contribution in [1.82, 2.24) is 5.48 Å². The molecule has 1 aliphatic rings. The molecule has 1 aromatic heterocycles. The van der Waals surface area contributed by atoms with Gasteiger partial charge >= 0.3 is 0 Å². The molecule has 3 N–H and O–H groups in total. The number of hydroxylamine groups is 1. The number of rotatable bonds is 9. The van der Waals surface area contributed by atoms with E-state index in [2.05, 4.69) is 4.72 Å². The van der Waals surface area contributed by atoms with E-state index in [0.29, 0.717) is 11.3 Å². The van der Waals surface area contributed by atoms with Crippen LogP contribution < -0.4 is 14.5 Å². The zero-order valence-electron chi connectivity index (χ0n) is 18.1. The molecule has 1 amide bonds. The van der Waals surface area contributed by atoms with E-state index >= 15 is 0 Å². The van der Waals surface area contributed by atoms with Crippen LogP contribution in [0.4, 0.5) is 11.4 Å². The van der Waals surface area contributed by atoms with Crippen molar-refractivity contribution in [3.8, 4) is 0 Å². The number of anilines is 2. The predicted octanol–water partition coefficient (Wildman–Crippen LogP) is 2.62. The van der Waals surface area contributed by atoms with E-state index in [1.807, 2.05) is 0 Å². The summed E-state index contributed by atoms with van der Waals surface area (Å²) < 4.78 is 58.5. The Hall–Kier alpha value is -2.93. The topological polar surface area (TPSA) is 152 Å². The van der Waals surface area contributed by atoms with E-state index in [1.54, 1.807) is 36.4 Å². The van der Waals surface area contributed by atoms with Crippen LogP contribution >= 0.6 is 0 Å². The fourth-order valence-electron chi connectivity index (χ4n) is 4.19. The number of benzene rings is 2. The van der Waals surface area contributed by atoms with Gasteiger partial charge in [-0.05, 0) is 49.9 Å². The van der Waals surface area contributed by atoms with Crippen molar-refractivity contribution in [1.29, 1.82) is 0 Å². The molecule has 12 heteroatoms. The Bertz CT molecular complexity index is 1310. The molecule has 0 bridgehead atoms. The minimum atomic E-state index is -3.91. The van der Waals surface area contributed by atoms with E-state index in [9.17, 15) is 27.2 Å². The number of amides is 1. The van der Waals surface area contributed by atoms with Crippen molar-refractivity contribution >= 4 is 49.5 Å². The lowest BCUT2D eigenvalue weighted by Crippen LogP contribution is -2.48. The molecule has 34 heavy (non-hydrogen) atoms. The van der Waals surface area contributed by atoms with Crippen molar-refractivity contribution in [3.05, 3.63) is 59.9 Å². The van der Waals surface area contributed by atoms with Crippen molar-refractivity contribution in [2.75, 3.05) is 14.8 Å². The van der Waals surface area contributed by atoms with Crippen LogP contribution in [-0.4, -0.2) is 40.1 Å². The first kappa shape index (κ1) is 24.2. The molecular weight excluding hydrogens is 482 g/mol. The Kier molecular flexibility index (Phi) is 7.22. The number of para-hydroxylation sites is 1. The molecular formula is C22H24N3O7S2-. The Balaban J connectivity index is 1.61. The molecule has 2 aromatic carbocycles. The van der Waals surface area contributed by atoms with Gasteiger partial charge in [0.1, 0.15) is 17.4 Å². The molecule has 0 aliphatic heterocycles. The number of carbonyl (C=O) groups excluding carboxylic acids is 1. The highest BCUT2D eigenvalue weighted by Gasteiger charge is 2.30. The monoisotopic (exact) mass is 506 g/mol. The highest BCUT2D eigenvalue weighted by atomic mass is 32.2. The van der Waals surface area contributed by atoms with Gasteiger partial charge in [-0.3, -0.25) is 23.2 Å². The quantitative estimate of drug-likeness (QED) is 0.229.